The second-order valence-electron chi connectivity index (χ2n) is 17.7. The molecule has 7 heteroatoms. The molecule has 2 rings (SSSR count). The molecule has 284 valence electrons. The number of nitrogens with zero attached hydrogens (tertiary/aromatic N) is 2. The van der Waals surface area contributed by atoms with Gasteiger partial charge in [0.1, 0.15) is 12.2 Å². The number of unbranched alkanes of at least 4 members (excludes halogenated alkanes) is 16. The van der Waals surface area contributed by atoms with Crippen LogP contribution in [0.5, 0.6) is 0 Å². The van der Waals surface area contributed by atoms with Crippen molar-refractivity contribution in [2.24, 2.45) is 0 Å². The number of rotatable bonds is 24. The van der Waals surface area contributed by atoms with Gasteiger partial charge in [-0.25, -0.2) is 4.79 Å². The molecule has 2 fully saturated rings. The third kappa shape index (κ3) is 15.6. The largest absolute Gasteiger partial charge is 0.508 e. The van der Waals surface area contributed by atoms with E-state index in [1.807, 2.05) is 0 Å². The Morgan fingerprint density at radius 1 is 0.458 bits per heavy atom. The minimum absolute atomic E-state index is 0.212. The summed E-state index contributed by atoms with van der Waals surface area (Å²) in [5.41, 5.74) is -1.03. The maximum atomic E-state index is 13.2. The Kier molecular flexibility index (Phi) is 19.4. The fourth-order valence-corrected chi connectivity index (χ4v) is 8.65. The molecule has 0 aliphatic carbocycles. The van der Waals surface area contributed by atoms with Crippen molar-refractivity contribution in [3.05, 3.63) is 0 Å². The minimum Gasteiger partial charge on any atom is -0.431 e. The Labute approximate surface area is 297 Å². The Balaban J connectivity index is 1.74. The molecule has 0 aromatic carbocycles. The van der Waals surface area contributed by atoms with E-state index in [1.54, 1.807) is 0 Å². The summed E-state index contributed by atoms with van der Waals surface area (Å²) in [7, 11) is 0. The van der Waals surface area contributed by atoms with Crippen molar-refractivity contribution in [2.75, 3.05) is 13.2 Å². The molecule has 2 aliphatic heterocycles. The van der Waals surface area contributed by atoms with Crippen molar-refractivity contribution in [1.82, 2.24) is 10.1 Å². The fourth-order valence-electron chi connectivity index (χ4n) is 8.65. The lowest BCUT2D eigenvalue weighted by atomic mass is 9.80. The zero-order valence-electron chi connectivity index (χ0n) is 33.6. The number of hydrogen-bond acceptors (Lipinski definition) is 7. The Hall–Kier alpha value is -0.890. The molecular formula is C41H80N2O5. The molecule has 0 atom stereocenters. The maximum Gasteiger partial charge on any atom is 0.508 e. The van der Waals surface area contributed by atoms with Gasteiger partial charge in [0, 0.05) is 47.8 Å². The first-order valence-corrected chi connectivity index (χ1v) is 20.4. The summed E-state index contributed by atoms with van der Waals surface area (Å²) in [5, 5.41) is 4.34. The predicted octanol–water partition coefficient (Wildman–Crippen LogP) is 12.1. The van der Waals surface area contributed by atoms with Crippen LogP contribution in [-0.4, -0.2) is 63.9 Å². The van der Waals surface area contributed by atoms with Crippen LogP contribution >= 0.6 is 0 Å². The van der Waals surface area contributed by atoms with Crippen LogP contribution in [0.4, 0.5) is 4.79 Å². The molecule has 2 saturated heterocycles. The van der Waals surface area contributed by atoms with E-state index in [-0.39, 0.29) is 34.4 Å². The van der Waals surface area contributed by atoms with Gasteiger partial charge in [0.15, 0.2) is 0 Å². The van der Waals surface area contributed by atoms with Gasteiger partial charge < -0.3 is 9.47 Å². The summed E-state index contributed by atoms with van der Waals surface area (Å²) in [6, 6.07) is 0. The van der Waals surface area contributed by atoms with Crippen LogP contribution in [0, 0.1) is 0 Å². The van der Waals surface area contributed by atoms with Gasteiger partial charge in [0.25, 0.3) is 0 Å². The molecule has 0 spiro atoms. The number of carbonyl (C=O) groups excluding carboxylic acids is 1. The standard InChI is InChI=1S/C41H80N2O5/c1-11-13-15-17-19-21-23-25-27-29-45-42-38(3,4)31-35(32-39(42,5)6)47-37(44)48-36-33-40(7,8)43(41(9,10)34-36)46-30-28-26-24-22-20-18-16-14-12-2/h35-36H,11-34H2,1-10H3. The van der Waals surface area contributed by atoms with Crippen LogP contribution in [0.3, 0.4) is 0 Å². The molecule has 7 nitrogen and oxygen atoms in total. The number of ether oxygens (including phenoxy) is 2. The van der Waals surface area contributed by atoms with E-state index in [2.05, 4.69) is 79.4 Å². The molecular weight excluding hydrogens is 600 g/mol. The molecule has 0 aromatic heterocycles. The first-order chi connectivity index (χ1) is 22.6. The van der Waals surface area contributed by atoms with Crippen molar-refractivity contribution in [2.45, 2.75) is 245 Å². The first-order valence-electron chi connectivity index (χ1n) is 20.4. The number of hydrogen-bond donors (Lipinski definition) is 0. The number of hydroxylamine groups is 4. The van der Waals surface area contributed by atoms with Gasteiger partial charge in [-0.1, -0.05) is 117 Å². The van der Waals surface area contributed by atoms with Gasteiger partial charge in [0.05, 0.1) is 13.2 Å². The highest BCUT2D eigenvalue weighted by atomic mass is 16.7. The van der Waals surface area contributed by atoms with Gasteiger partial charge in [-0.3, -0.25) is 9.68 Å². The smallest absolute Gasteiger partial charge is 0.431 e. The highest BCUT2D eigenvalue weighted by Gasteiger charge is 2.50. The van der Waals surface area contributed by atoms with Crippen LogP contribution in [0.1, 0.15) is 210 Å². The van der Waals surface area contributed by atoms with Crippen molar-refractivity contribution in [1.29, 1.82) is 0 Å². The van der Waals surface area contributed by atoms with Gasteiger partial charge in [-0.15, -0.1) is 0 Å². The molecule has 0 aromatic rings. The second kappa shape index (κ2) is 21.5. The van der Waals surface area contributed by atoms with Crippen LogP contribution in [-0.2, 0) is 19.1 Å². The predicted molar refractivity (Wildman–Crippen MR) is 200 cm³/mol. The average Bonchev–Trinajstić information content (AvgIpc) is 2.96. The maximum absolute atomic E-state index is 13.2. The Morgan fingerprint density at radius 2 is 0.708 bits per heavy atom. The lowest BCUT2D eigenvalue weighted by molar-refractivity contribution is -0.296. The van der Waals surface area contributed by atoms with E-state index < -0.39 is 6.16 Å². The van der Waals surface area contributed by atoms with Gasteiger partial charge in [0.2, 0.25) is 0 Å². The third-order valence-electron chi connectivity index (χ3n) is 10.6. The van der Waals surface area contributed by atoms with E-state index >= 15 is 0 Å². The molecule has 0 unspecified atom stereocenters. The van der Waals surface area contributed by atoms with Crippen LogP contribution < -0.4 is 0 Å². The van der Waals surface area contributed by atoms with Gasteiger partial charge in [-0.05, 0) is 68.2 Å². The van der Waals surface area contributed by atoms with Crippen molar-refractivity contribution < 1.29 is 23.9 Å². The molecule has 2 heterocycles. The van der Waals surface area contributed by atoms with E-state index in [4.69, 9.17) is 19.1 Å². The summed E-state index contributed by atoms with van der Waals surface area (Å²) < 4.78 is 12.1. The molecule has 0 bridgehead atoms. The molecule has 0 radical (unpaired) electrons. The molecule has 0 N–H and O–H groups in total. The lowest BCUT2D eigenvalue weighted by Crippen LogP contribution is -2.62. The monoisotopic (exact) mass is 681 g/mol. The SMILES string of the molecule is CCCCCCCCCCCON1C(C)(C)CC(OC(=O)OC2CC(C)(C)N(OCCCCCCCCCCC)C(C)(C)C2)CC1(C)C. The normalized spacial score (nSPS) is 21.4. The lowest BCUT2D eigenvalue weighted by Gasteiger charge is -2.54. The fraction of sp³-hybridized carbons (Fsp3) is 0.976. The summed E-state index contributed by atoms with van der Waals surface area (Å²) in [5.74, 6) is 0. The topological polar surface area (TPSA) is 60.5 Å². The molecule has 0 amide bonds. The number of piperidine rings is 2. The van der Waals surface area contributed by atoms with Crippen LogP contribution in [0.25, 0.3) is 0 Å². The van der Waals surface area contributed by atoms with Crippen LogP contribution in [0.15, 0.2) is 0 Å². The Bertz CT molecular complexity index is 769. The second-order valence-corrected chi connectivity index (χ2v) is 17.7. The van der Waals surface area contributed by atoms with E-state index in [0.717, 1.165) is 26.1 Å². The van der Waals surface area contributed by atoms with Crippen molar-refractivity contribution in [3.8, 4) is 0 Å². The first kappa shape index (κ1) is 43.3. The van der Waals surface area contributed by atoms with E-state index in [9.17, 15) is 4.79 Å². The molecule has 48 heavy (non-hydrogen) atoms. The molecule has 2 aliphatic rings. The zero-order chi connectivity index (χ0) is 35.7. The Morgan fingerprint density at radius 3 is 0.979 bits per heavy atom. The third-order valence-corrected chi connectivity index (χ3v) is 10.6. The quantitative estimate of drug-likeness (QED) is 0.0742. The summed E-state index contributed by atoms with van der Waals surface area (Å²) in [6.45, 7) is 23.6. The molecule has 0 saturated carbocycles. The van der Waals surface area contributed by atoms with Gasteiger partial charge >= 0.3 is 6.16 Å². The summed E-state index contributed by atoms with van der Waals surface area (Å²) in [4.78, 5) is 26.0. The minimum atomic E-state index is -0.545. The van der Waals surface area contributed by atoms with Gasteiger partial charge in [-0.2, -0.15) is 10.1 Å². The number of carbonyl (C=O) groups is 1. The van der Waals surface area contributed by atoms with Crippen molar-refractivity contribution >= 4 is 6.16 Å². The average molecular weight is 681 g/mol. The highest BCUT2D eigenvalue weighted by molar-refractivity contribution is 5.60. The summed E-state index contributed by atoms with van der Waals surface area (Å²) in [6.07, 6.45) is 25.3. The highest BCUT2D eigenvalue weighted by Crippen LogP contribution is 2.42. The van der Waals surface area contributed by atoms with Crippen LogP contribution in [0.2, 0.25) is 0 Å². The zero-order valence-corrected chi connectivity index (χ0v) is 33.6. The van der Waals surface area contributed by atoms with E-state index in [1.165, 1.54) is 103 Å². The van der Waals surface area contributed by atoms with Crippen molar-refractivity contribution in [3.63, 3.8) is 0 Å². The van der Waals surface area contributed by atoms with E-state index in [0.29, 0.717) is 25.7 Å². The summed E-state index contributed by atoms with van der Waals surface area (Å²) >= 11 is 0.